The van der Waals surface area contributed by atoms with Crippen molar-refractivity contribution in [1.29, 1.82) is 0 Å². The summed E-state index contributed by atoms with van der Waals surface area (Å²) in [6.07, 6.45) is -2.20. The third kappa shape index (κ3) is 2.06. The second kappa shape index (κ2) is 4.45. The lowest BCUT2D eigenvalue weighted by Crippen LogP contribution is -1.99. The molecular weight excluding hydrogens is 260 g/mol. The number of halogens is 3. The monoisotopic (exact) mass is 265 g/mol. The van der Waals surface area contributed by atoms with E-state index < -0.39 is 12.1 Å². The predicted molar refractivity (Wildman–Crippen MR) is 48.8 cm³/mol. The summed E-state index contributed by atoms with van der Waals surface area (Å²) < 4.78 is 29.4. The number of ether oxygens (including phenoxy) is 1. The highest BCUT2D eigenvalue weighted by Crippen LogP contribution is 2.28. The average molecular weight is 266 g/mol. The van der Waals surface area contributed by atoms with Gasteiger partial charge in [0.25, 0.3) is 6.43 Å². The maximum absolute atomic E-state index is 12.3. The van der Waals surface area contributed by atoms with Crippen LogP contribution >= 0.6 is 15.9 Å². The maximum Gasteiger partial charge on any atom is 0.280 e. The second-order valence-electron chi connectivity index (χ2n) is 2.37. The molecule has 0 aromatic carbocycles. The Morgan fingerprint density at radius 1 is 1.64 bits per heavy atom. The van der Waals surface area contributed by atoms with Crippen LogP contribution in [0.2, 0.25) is 0 Å². The van der Waals surface area contributed by atoms with Gasteiger partial charge in [-0.25, -0.2) is 13.8 Å². The van der Waals surface area contributed by atoms with Gasteiger partial charge in [0, 0.05) is 6.07 Å². The number of carbonyl (C=O) groups is 1. The molecule has 1 heterocycles. The minimum Gasteiger partial charge on any atom is -0.496 e. The van der Waals surface area contributed by atoms with Crippen LogP contribution in [0, 0.1) is 0 Å². The van der Waals surface area contributed by atoms with Gasteiger partial charge in [-0.15, -0.1) is 0 Å². The molecule has 0 saturated carbocycles. The minimum atomic E-state index is -2.69. The number of aldehydes is 1. The first kappa shape index (κ1) is 11.0. The zero-order valence-electron chi connectivity index (χ0n) is 7.13. The number of nitrogens with zero attached hydrogens (tertiary/aromatic N) is 1. The first-order valence-corrected chi connectivity index (χ1v) is 4.37. The van der Waals surface area contributed by atoms with Gasteiger partial charge in [0.1, 0.15) is 16.0 Å². The van der Waals surface area contributed by atoms with Crippen molar-refractivity contribution in [2.24, 2.45) is 0 Å². The third-order valence-corrected chi connectivity index (χ3v) is 2.16. The largest absolute Gasteiger partial charge is 0.496 e. The van der Waals surface area contributed by atoms with E-state index in [-0.39, 0.29) is 15.9 Å². The summed E-state index contributed by atoms with van der Waals surface area (Å²) in [6, 6.07) is 1.04. The van der Waals surface area contributed by atoms with Crippen molar-refractivity contribution in [3.63, 3.8) is 0 Å². The Morgan fingerprint density at radius 2 is 2.29 bits per heavy atom. The number of alkyl halides is 2. The summed E-state index contributed by atoms with van der Waals surface area (Å²) in [7, 11) is 1.30. The Morgan fingerprint density at radius 3 is 2.71 bits per heavy atom. The Bertz CT molecular complexity index is 357. The molecule has 0 bridgehead atoms. The summed E-state index contributed by atoms with van der Waals surface area (Å²) in [6.45, 7) is 0. The second-order valence-corrected chi connectivity index (χ2v) is 3.12. The van der Waals surface area contributed by atoms with Gasteiger partial charge in [-0.05, 0) is 15.9 Å². The molecule has 0 saturated heterocycles. The van der Waals surface area contributed by atoms with Crippen LogP contribution in [0.15, 0.2) is 10.7 Å². The fourth-order valence-electron chi connectivity index (χ4n) is 0.907. The van der Waals surface area contributed by atoms with E-state index in [0.717, 1.165) is 6.07 Å². The van der Waals surface area contributed by atoms with Gasteiger partial charge in [-0.3, -0.25) is 4.79 Å². The molecule has 3 nitrogen and oxygen atoms in total. The first-order valence-electron chi connectivity index (χ1n) is 3.58. The molecule has 14 heavy (non-hydrogen) atoms. The number of hydrogen-bond acceptors (Lipinski definition) is 3. The molecule has 0 aliphatic heterocycles. The lowest BCUT2D eigenvalue weighted by molar-refractivity contribution is 0.111. The topological polar surface area (TPSA) is 39.2 Å². The smallest absolute Gasteiger partial charge is 0.280 e. The summed E-state index contributed by atoms with van der Waals surface area (Å²) >= 11 is 2.91. The van der Waals surface area contributed by atoms with Crippen LogP contribution in [0.25, 0.3) is 0 Å². The van der Waals surface area contributed by atoms with Crippen molar-refractivity contribution in [1.82, 2.24) is 4.98 Å². The predicted octanol–water partition coefficient (Wildman–Crippen LogP) is 2.60. The molecule has 0 atom stereocenters. The van der Waals surface area contributed by atoms with Crippen molar-refractivity contribution in [2.45, 2.75) is 6.43 Å². The van der Waals surface area contributed by atoms with Crippen molar-refractivity contribution in [2.75, 3.05) is 7.11 Å². The highest BCUT2D eigenvalue weighted by atomic mass is 79.9. The number of methoxy groups -OCH3 is 1. The number of aromatic nitrogens is 1. The van der Waals surface area contributed by atoms with Crippen LogP contribution in [-0.4, -0.2) is 18.4 Å². The fraction of sp³-hybridized carbons (Fsp3) is 0.250. The third-order valence-electron chi connectivity index (χ3n) is 1.56. The number of hydrogen-bond donors (Lipinski definition) is 0. The van der Waals surface area contributed by atoms with Crippen molar-refractivity contribution < 1.29 is 18.3 Å². The van der Waals surface area contributed by atoms with Crippen LogP contribution in [0.4, 0.5) is 8.78 Å². The van der Waals surface area contributed by atoms with E-state index >= 15 is 0 Å². The van der Waals surface area contributed by atoms with Gasteiger partial charge >= 0.3 is 0 Å². The molecule has 0 amide bonds. The van der Waals surface area contributed by atoms with E-state index in [2.05, 4.69) is 20.9 Å². The first-order chi connectivity index (χ1) is 6.60. The van der Waals surface area contributed by atoms with Crippen LogP contribution in [-0.2, 0) is 0 Å². The van der Waals surface area contributed by atoms with Crippen molar-refractivity contribution in [3.05, 3.63) is 21.9 Å². The minimum absolute atomic E-state index is 0.0575. The lowest BCUT2D eigenvalue weighted by atomic mass is 10.2. The van der Waals surface area contributed by atoms with Crippen molar-refractivity contribution in [3.8, 4) is 5.75 Å². The molecule has 0 radical (unpaired) electrons. The standard InChI is InChI=1S/C8H6BrF2NO2/c1-14-6-2-5(8(10)11)12-7(9)4(6)3-13/h2-3,8H,1H3. The Hall–Kier alpha value is -1.04. The Labute approximate surface area is 87.2 Å². The quantitative estimate of drug-likeness (QED) is 0.623. The van der Waals surface area contributed by atoms with Gasteiger partial charge in [0.2, 0.25) is 0 Å². The van der Waals surface area contributed by atoms with Gasteiger partial charge in [-0.2, -0.15) is 0 Å². The number of rotatable bonds is 3. The fourth-order valence-corrected chi connectivity index (χ4v) is 1.40. The Kier molecular flexibility index (Phi) is 3.51. The molecule has 0 fully saturated rings. The molecule has 1 rings (SSSR count). The van der Waals surface area contributed by atoms with Gasteiger partial charge in [-0.1, -0.05) is 0 Å². The average Bonchev–Trinajstić information content (AvgIpc) is 2.16. The number of carbonyl (C=O) groups excluding carboxylic acids is 1. The molecule has 1 aromatic heterocycles. The molecule has 0 N–H and O–H groups in total. The maximum atomic E-state index is 12.3. The van der Waals surface area contributed by atoms with E-state index in [4.69, 9.17) is 4.74 Å². The molecule has 0 aliphatic rings. The molecule has 76 valence electrons. The molecule has 0 spiro atoms. The SMILES string of the molecule is COc1cc(C(F)F)nc(Br)c1C=O. The van der Waals surface area contributed by atoms with E-state index in [9.17, 15) is 13.6 Å². The zero-order valence-corrected chi connectivity index (χ0v) is 8.72. The van der Waals surface area contributed by atoms with Crippen molar-refractivity contribution >= 4 is 22.2 Å². The highest BCUT2D eigenvalue weighted by molar-refractivity contribution is 9.10. The van der Waals surface area contributed by atoms with Gasteiger partial charge < -0.3 is 4.74 Å². The van der Waals surface area contributed by atoms with Crippen LogP contribution in [0.1, 0.15) is 22.5 Å². The van der Waals surface area contributed by atoms with E-state index in [1.165, 1.54) is 7.11 Å². The number of pyridine rings is 1. The molecular formula is C8H6BrF2NO2. The van der Waals surface area contributed by atoms with Crippen LogP contribution in [0.3, 0.4) is 0 Å². The molecule has 0 unspecified atom stereocenters. The Balaban J connectivity index is 3.31. The molecule has 6 heteroatoms. The van der Waals surface area contributed by atoms with Gasteiger partial charge in [0.05, 0.1) is 12.7 Å². The van der Waals surface area contributed by atoms with Crippen LogP contribution < -0.4 is 4.74 Å². The van der Waals surface area contributed by atoms with Gasteiger partial charge in [0.15, 0.2) is 6.29 Å². The summed E-state index contributed by atoms with van der Waals surface area (Å²) in [5.74, 6) is 0.0807. The zero-order chi connectivity index (χ0) is 10.7. The normalized spacial score (nSPS) is 10.4. The highest BCUT2D eigenvalue weighted by Gasteiger charge is 2.16. The van der Waals surface area contributed by atoms with E-state index in [0.29, 0.717) is 6.29 Å². The summed E-state index contributed by atoms with van der Waals surface area (Å²) in [5.41, 5.74) is -0.309. The molecule has 1 aromatic rings. The molecule has 0 aliphatic carbocycles. The van der Waals surface area contributed by atoms with Crippen LogP contribution in [0.5, 0.6) is 5.75 Å². The van der Waals surface area contributed by atoms with E-state index in [1.807, 2.05) is 0 Å². The lowest BCUT2D eigenvalue weighted by Gasteiger charge is -2.07. The summed E-state index contributed by atoms with van der Waals surface area (Å²) in [4.78, 5) is 14.1. The van der Waals surface area contributed by atoms with E-state index in [1.54, 1.807) is 0 Å². The summed E-state index contributed by atoms with van der Waals surface area (Å²) in [5, 5.41) is 0.